The number of nitrogens with zero attached hydrogens (tertiary/aromatic N) is 2. The SMILES string of the molecule is CN(C)[C@](CCCCN(NC(=N)N)C(=N)N)(C(=O)O)C(=O)OC(C)(C)C. The van der Waals surface area contributed by atoms with Crippen molar-refractivity contribution in [2.45, 2.75) is 51.2 Å². The number of guanidine groups is 2. The second-order valence-corrected chi connectivity index (χ2v) is 7.08. The van der Waals surface area contributed by atoms with Crippen molar-refractivity contribution in [2.24, 2.45) is 11.5 Å². The molecule has 0 spiro atoms. The van der Waals surface area contributed by atoms with Crippen LogP contribution < -0.4 is 16.9 Å². The van der Waals surface area contributed by atoms with Crippen molar-refractivity contribution >= 4 is 23.9 Å². The number of carbonyl (C=O) groups excluding carboxylic acids is 1. The first-order valence-corrected chi connectivity index (χ1v) is 8.10. The van der Waals surface area contributed by atoms with Crippen LogP contribution >= 0.6 is 0 Å². The molecule has 0 amide bonds. The van der Waals surface area contributed by atoms with Crippen LogP contribution in [0.3, 0.4) is 0 Å². The van der Waals surface area contributed by atoms with Gasteiger partial charge in [-0.2, -0.15) is 0 Å². The van der Waals surface area contributed by atoms with Crippen molar-refractivity contribution in [3.05, 3.63) is 0 Å². The number of carbonyl (C=O) groups is 2. The second-order valence-electron chi connectivity index (χ2n) is 7.08. The average Bonchev–Trinajstić information content (AvgIpc) is 2.42. The number of hydrogen-bond donors (Lipinski definition) is 6. The molecule has 11 nitrogen and oxygen atoms in total. The predicted octanol–water partition coefficient (Wildman–Crippen LogP) is -0.523. The zero-order valence-electron chi connectivity index (χ0n) is 16.0. The fourth-order valence-electron chi connectivity index (χ4n) is 2.29. The molecular formula is C15H31N7O4. The molecule has 0 aromatic heterocycles. The quantitative estimate of drug-likeness (QED) is 0.0813. The van der Waals surface area contributed by atoms with Gasteiger partial charge in [0.1, 0.15) is 5.60 Å². The number of likely N-dealkylation sites (N-methyl/N-ethyl adjacent to an activating group) is 1. The molecule has 150 valence electrons. The van der Waals surface area contributed by atoms with Gasteiger partial charge in [0.25, 0.3) is 0 Å². The Bertz CT molecular complexity index is 545. The Morgan fingerprint density at radius 1 is 1.15 bits per heavy atom. The van der Waals surface area contributed by atoms with Crippen molar-refractivity contribution in [2.75, 3.05) is 20.6 Å². The van der Waals surface area contributed by atoms with E-state index in [0.717, 1.165) is 5.01 Å². The Labute approximate surface area is 153 Å². The molecule has 0 saturated heterocycles. The first kappa shape index (κ1) is 23.4. The van der Waals surface area contributed by atoms with Crippen LogP contribution in [0.15, 0.2) is 0 Å². The van der Waals surface area contributed by atoms with Gasteiger partial charge in [-0.15, -0.1) is 0 Å². The van der Waals surface area contributed by atoms with Crippen LogP contribution in [0.1, 0.15) is 40.0 Å². The van der Waals surface area contributed by atoms with Gasteiger partial charge in [-0.25, -0.2) is 9.59 Å². The largest absolute Gasteiger partial charge is 0.479 e. The molecule has 0 heterocycles. The normalized spacial score (nSPS) is 13.6. The third-order valence-corrected chi connectivity index (χ3v) is 3.57. The van der Waals surface area contributed by atoms with Gasteiger partial charge >= 0.3 is 11.9 Å². The average molecular weight is 373 g/mol. The second kappa shape index (κ2) is 9.22. The Kier molecular flexibility index (Phi) is 8.32. The van der Waals surface area contributed by atoms with Crippen molar-refractivity contribution in [1.82, 2.24) is 15.3 Å². The number of rotatable bonds is 8. The summed E-state index contributed by atoms with van der Waals surface area (Å²) in [6.45, 7) is 5.23. The zero-order chi connectivity index (χ0) is 20.7. The van der Waals surface area contributed by atoms with Crippen LogP contribution in [0.2, 0.25) is 0 Å². The highest BCUT2D eigenvalue weighted by atomic mass is 16.6. The maximum absolute atomic E-state index is 12.6. The number of esters is 1. The van der Waals surface area contributed by atoms with E-state index in [1.54, 1.807) is 20.8 Å². The summed E-state index contributed by atoms with van der Waals surface area (Å²) in [5.41, 5.74) is 10.4. The number of ether oxygens (including phenoxy) is 1. The zero-order valence-corrected chi connectivity index (χ0v) is 16.0. The third kappa shape index (κ3) is 6.75. The summed E-state index contributed by atoms with van der Waals surface area (Å²) < 4.78 is 5.31. The number of aliphatic carboxylic acids is 1. The third-order valence-electron chi connectivity index (χ3n) is 3.57. The number of carboxylic acid groups (broad SMARTS) is 1. The standard InChI is InChI=1S/C15H31N7O4/c1-14(2,3)26-11(25)15(10(23)24,21(4)5)8-6-7-9-22(13(18)19)20-12(16)17/h6-9H2,1-5H3,(H3,18,19)(H,23,24)(H4,16,17,20)/t15-/m1/s1. The van der Waals surface area contributed by atoms with E-state index in [-0.39, 0.29) is 24.9 Å². The highest BCUT2D eigenvalue weighted by Crippen LogP contribution is 2.25. The van der Waals surface area contributed by atoms with E-state index in [9.17, 15) is 14.7 Å². The summed E-state index contributed by atoms with van der Waals surface area (Å²) in [5, 5.41) is 25.5. The molecule has 0 saturated carbocycles. The lowest BCUT2D eigenvalue weighted by molar-refractivity contribution is -0.178. The summed E-state index contributed by atoms with van der Waals surface area (Å²) in [6.07, 6.45) is 0.759. The number of nitrogens with one attached hydrogen (secondary N) is 3. The maximum Gasteiger partial charge on any atom is 0.338 e. The molecule has 0 radical (unpaired) electrons. The lowest BCUT2D eigenvalue weighted by Gasteiger charge is -2.36. The Morgan fingerprint density at radius 3 is 2.04 bits per heavy atom. The molecule has 0 aliphatic heterocycles. The molecule has 26 heavy (non-hydrogen) atoms. The summed E-state index contributed by atoms with van der Waals surface area (Å²) in [7, 11) is 3.02. The molecule has 0 aliphatic carbocycles. The van der Waals surface area contributed by atoms with Crippen molar-refractivity contribution in [3.63, 3.8) is 0 Å². The number of unbranched alkanes of at least 4 members (excludes halogenated alkanes) is 1. The molecule has 0 bridgehead atoms. The molecule has 8 N–H and O–H groups in total. The number of hydrogen-bond acceptors (Lipinski definition) is 6. The van der Waals surface area contributed by atoms with Crippen LogP contribution in [0.4, 0.5) is 0 Å². The summed E-state index contributed by atoms with van der Waals surface area (Å²) >= 11 is 0. The van der Waals surface area contributed by atoms with E-state index >= 15 is 0 Å². The molecule has 0 aromatic rings. The van der Waals surface area contributed by atoms with E-state index in [1.165, 1.54) is 19.0 Å². The topological polar surface area (TPSA) is 182 Å². The lowest BCUT2D eigenvalue weighted by Crippen LogP contribution is -2.59. The molecular weight excluding hydrogens is 342 g/mol. The number of nitrogens with two attached hydrogens (primary N) is 2. The van der Waals surface area contributed by atoms with E-state index in [1.807, 2.05) is 0 Å². The van der Waals surface area contributed by atoms with Gasteiger partial charge < -0.3 is 21.3 Å². The Morgan fingerprint density at radius 2 is 1.69 bits per heavy atom. The first-order valence-electron chi connectivity index (χ1n) is 8.10. The smallest absolute Gasteiger partial charge is 0.338 e. The van der Waals surface area contributed by atoms with Gasteiger partial charge in [-0.3, -0.25) is 26.2 Å². The van der Waals surface area contributed by atoms with Gasteiger partial charge in [-0.1, -0.05) is 0 Å². The Hall–Kier alpha value is -2.56. The molecule has 1 atom stereocenters. The highest BCUT2D eigenvalue weighted by Gasteiger charge is 2.50. The molecule has 0 rings (SSSR count). The van der Waals surface area contributed by atoms with Gasteiger partial charge in [0.15, 0.2) is 0 Å². The Balaban J connectivity index is 5.11. The molecule has 11 heteroatoms. The van der Waals surface area contributed by atoms with E-state index < -0.39 is 23.1 Å². The monoisotopic (exact) mass is 373 g/mol. The van der Waals surface area contributed by atoms with Crippen LogP contribution in [-0.2, 0) is 14.3 Å². The first-order chi connectivity index (χ1) is 11.7. The van der Waals surface area contributed by atoms with Gasteiger partial charge in [0.2, 0.25) is 17.5 Å². The van der Waals surface area contributed by atoms with Crippen LogP contribution in [-0.4, -0.2) is 70.7 Å². The highest BCUT2D eigenvalue weighted by molar-refractivity contribution is 6.04. The fourth-order valence-corrected chi connectivity index (χ4v) is 2.29. The van der Waals surface area contributed by atoms with Crippen molar-refractivity contribution < 1.29 is 19.4 Å². The van der Waals surface area contributed by atoms with Crippen molar-refractivity contribution in [3.8, 4) is 0 Å². The summed E-state index contributed by atoms with van der Waals surface area (Å²) in [5.74, 6) is -2.82. The van der Waals surface area contributed by atoms with E-state index in [0.29, 0.717) is 12.8 Å². The minimum absolute atomic E-state index is 0.00998. The molecule has 0 aliphatic rings. The number of hydrazine groups is 1. The lowest BCUT2D eigenvalue weighted by atomic mass is 9.90. The number of carboxylic acids is 1. The molecule has 0 fully saturated rings. The fraction of sp³-hybridized carbons (Fsp3) is 0.733. The summed E-state index contributed by atoms with van der Waals surface area (Å²) in [6, 6.07) is 0. The van der Waals surface area contributed by atoms with Gasteiger partial charge in [-0.05, 0) is 54.1 Å². The van der Waals surface area contributed by atoms with Crippen LogP contribution in [0.25, 0.3) is 0 Å². The molecule has 0 unspecified atom stereocenters. The van der Waals surface area contributed by atoms with E-state index in [4.69, 9.17) is 27.0 Å². The minimum Gasteiger partial charge on any atom is -0.479 e. The molecule has 0 aromatic carbocycles. The minimum atomic E-state index is -1.82. The maximum atomic E-state index is 12.6. The van der Waals surface area contributed by atoms with Crippen molar-refractivity contribution in [1.29, 1.82) is 10.8 Å². The van der Waals surface area contributed by atoms with Gasteiger partial charge in [0, 0.05) is 6.54 Å². The predicted molar refractivity (Wildman–Crippen MR) is 97.4 cm³/mol. The summed E-state index contributed by atoms with van der Waals surface area (Å²) in [4.78, 5) is 25.8. The van der Waals surface area contributed by atoms with E-state index in [2.05, 4.69) is 5.43 Å². The van der Waals surface area contributed by atoms with Crippen LogP contribution in [0.5, 0.6) is 0 Å². The van der Waals surface area contributed by atoms with Gasteiger partial charge in [0.05, 0.1) is 0 Å². The van der Waals surface area contributed by atoms with Crippen LogP contribution in [0, 0.1) is 10.8 Å².